The molecule has 2 aromatic rings. The molecule has 0 unspecified atom stereocenters. The van der Waals surface area contributed by atoms with E-state index in [1.165, 1.54) is 5.56 Å². The average molecular weight is 370 g/mol. The third-order valence-electron chi connectivity index (χ3n) is 5.13. The Kier molecular flexibility index (Phi) is 5.40. The van der Waals surface area contributed by atoms with E-state index >= 15 is 0 Å². The minimum Gasteiger partial charge on any atom is -0.497 e. The molecule has 7 heteroatoms. The Morgan fingerprint density at radius 2 is 2.04 bits per heavy atom. The maximum atomic E-state index is 9.23. The molecule has 2 aliphatic rings. The normalized spacial score (nSPS) is 16.5. The molecule has 0 spiro atoms. The number of anilines is 2. The molecule has 4 rings (SSSR count). The summed E-state index contributed by atoms with van der Waals surface area (Å²) in [4.78, 5) is 14.3. The number of rotatable bonds is 6. The van der Waals surface area contributed by atoms with Crippen molar-refractivity contribution < 1.29 is 14.6 Å². The highest BCUT2D eigenvalue weighted by Gasteiger charge is 2.28. The van der Waals surface area contributed by atoms with Crippen molar-refractivity contribution in [1.82, 2.24) is 9.97 Å². The fraction of sp³-hybridized carbons (Fsp3) is 0.500. The third-order valence-corrected chi connectivity index (χ3v) is 5.13. The Labute approximate surface area is 159 Å². The predicted octanol–water partition coefficient (Wildman–Crippen LogP) is 1.73. The first kappa shape index (κ1) is 18.0. The van der Waals surface area contributed by atoms with Crippen LogP contribution in [0.15, 0.2) is 24.3 Å². The zero-order chi connectivity index (χ0) is 18.6. The van der Waals surface area contributed by atoms with E-state index in [1.807, 2.05) is 18.2 Å². The van der Waals surface area contributed by atoms with Crippen LogP contribution in [0.3, 0.4) is 0 Å². The van der Waals surface area contributed by atoms with Crippen LogP contribution in [0.2, 0.25) is 0 Å². The fourth-order valence-corrected chi connectivity index (χ4v) is 3.70. The van der Waals surface area contributed by atoms with Gasteiger partial charge in [-0.1, -0.05) is 12.1 Å². The van der Waals surface area contributed by atoms with Gasteiger partial charge in [-0.3, -0.25) is 0 Å². The zero-order valence-electron chi connectivity index (χ0n) is 15.7. The number of hydrogen-bond donors (Lipinski definition) is 1. The first-order chi connectivity index (χ1) is 13.3. The van der Waals surface area contributed by atoms with Crippen LogP contribution in [0, 0.1) is 0 Å². The number of morpholine rings is 1. The second-order valence-electron chi connectivity index (χ2n) is 6.82. The summed E-state index contributed by atoms with van der Waals surface area (Å²) in [6.07, 6.45) is 1.65. The Morgan fingerprint density at radius 3 is 2.81 bits per heavy atom. The molecular weight excluding hydrogens is 344 g/mol. The Morgan fingerprint density at radius 1 is 1.19 bits per heavy atom. The molecule has 2 aliphatic heterocycles. The molecule has 1 aromatic carbocycles. The van der Waals surface area contributed by atoms with Gasteiger partial charge in [0, 0.05) is 43.9 Å². The van der Waals surface area contributed by atoms with Gasteiger partial charge in [0.25, 0.3) is 0 Å². The molecule has 0 amide bonds. The summed E-state index contributed by atoms with van der Waals surface area (Å²) in [5, 5.41) is 9.23. The van der Waals surface area contributed by atoms with Gasteiger partial charge in [-0.05, 0) is 25.0 Å². The molecule has 7 nitrogen and oxygen atoms in total. The van der Waals surface area contributed by atoms with Gasteiger partial charge in [-0.25, -0.2) is 4.98 Å². The molecule has 0 radical (unpaired) electrons. The van der Waals surface area contributed by atoms with E-state index in [-0.39, 0.29) is 6.61 Å². The molecule has 0 atom stereocenters. The standard InChI is InChI=1S/C20H26N4O3/c1-26-16-5-2-4-15(14-16)18-17-6-8-23(7-3-11-25)19(17)22-20(21-18)24-9-12-27-13-10-24/h2,4-5,14,25H,3,6-13H2,1H3. The molecule has 27 heavy (non-hydrogen) atoms. The van der Waals surface area contributed by atoms with Crippen LogP contribution in [-0.4, -0.2) is 68.2 Å². The van der Waals surface area contributed by atoms with Crippen molar-refractivity contribution in [3.8, 4) is 17.0 Å². The minimum absolute atomic E-state index is 0.190. The molecule has 1 saturated heterocycles. The molecular formula is C20H26N4O3. The first-order valence-corrected chi connectivity index (χ1v) is 9.54. The van der Waals surface area contributed by atoms with Crippen molar-refractivity contribution in [3.05, 3.63) is 29.8 Å². The van der Waals surface area contributed by atoms with E-state index in [0.29, 0.717) is 13.2 Å². The fourth-order valence-electron chi connectivity index (χ4n) is 3.70. The van der Waals surface area contributed by atoms with Crippen LogP contribution >= 0.6 is 0 Å². The number of fused-ring (bicyclic) bond motifs is 1. The summed E-state index contributed by atoms with van der Waals surface area (Å²) in [6, 6.07) is 8.05. The summed E-state index contributed by atoms with van der Waals surface area (Å²) in [5.41, 5.74) is 3.21. The highest BCUT2D eigenvalue weighted by Crippen LogP contribution is 2.36. The molecule has 1 fully saturated rings. The highest BCUT2D eigenvalue weighted by molar-refractivity contribution is 5.73. The number of benzene rings is 1. The quantitative estimate of drug-likeness (QED) is 0.830. The van der Waals surface area contributed by atoms with Crippen LogP contribution in [0.4, 0.5) is 11.8 Å². The van der Waals surface area contributed by atoms with Crippen LogP contribution in [0.25, 0.3) is 11.3 Å². The molecule has 0 aliphatic carbocycles. The number of hydrogen-bond acceptors (Lipinski definition) is 7. The third kappa shape index (κ3) is 3.70. The molecule has 1 N–H and O–H groups in total. The van der Waals surface area contributed by atoms with Crippen LogP contribution in [-0.2, 0) is 11.2 Å². The first-order valence-electron chi connectivity index (χ1n) is 9.54. The van der Waals surface area contributed by atoms with Crippen molar-refractivity contribution in [1.29, 1.82) is 0 Å². The smallest absolute Gasteiger partial charge is 0.228 e. The van der Waals surface area contributed by atoms with Crippen molar-refractivity contribution in [2.75, 3.05) is 62.9 Å². The van der Waals surface area contributed by atoms with Gasteiger partial charge in [-0.15, -0.1) is 0 Å². The second-order valence-corrected chi connectivity index (χ2v) is 6.82. The number of aliphatic hydroxyl groups is 1. The lowest BCUT2D eigenvalue weighted by Gasteiger charge is -2.28. The van der Waals surface area contributed by atoms with Crippen LogP contribution in [0.1, 0.15) is 12.0 Å². The summed E-state index contributed by atoms with van der Waals surface area (Å²) < 4.78 is 10.9. The summed E-state index contributed by atoms with van der Waals surface area (Å²) >= 11 is 0. The van der Waals surface area contributed by atoms with Gasteiger partial charge < -0.3 is 24.4 Å². The van der Waals surface area contributed by atoms with E-state index < -0.39 is 0 Å². The van der Waals surface area contributed by atoms with Gasteiger partial charge in [-0.2, -0.15) is 4.98 Å². The zero-order valence-corrected chi connectivity index (χ0v) is 15.7. The molecule has 0 bridgehead atoms. The van der Waals surface area contributed by atoms with Gasteiger partial charge in [0.15, 0.2) is 0 Å². The molecule has 3 heterocycles. The topological polar surface area (TPSA) is 71.0 Å². The monoisotopic (exact) mass is 370 g/mol. The van der Waals surface area contributed by atoms with Crippen molar-refractivity contribution >= 4 is 11.8 Å². The minimum atomic E-state index is 0.190. The number of methoxy groups -OCH3 is 1. The largest absolute Gasteiger partial charge is 0.497 e. The molecule has 1 aromatic heterocycles. The SMILES string of the molecule is COc1cccc(-c2nc(N3CCOCC3)nc3c2CCN3CCCO)c1. The lowest BCUT2D eigenvalue weighted by atomic mass is 10.1. The Hall–Kier alpha value is -2.38. The molecule has 0 saturated carbocycles. The lowest BCUT2D eigenvalue weighted by molar-refractivity contribution is 0.122. The van der Waals surface area contributed by atoms with E-state index in [4.69, 9.17) is 19.4 Å². The van der Waals surface area contributed by atoms with Gasteiger partial charge in [0.1, 0.15) is 11.6 Å². The summed E-state index contributed by atoms with van der Waals surface area (Å²) in [5.74, 6) is 2.58. The second kappa shape index (κ2) is 8.10. The maximum absolute atomic E-state index is 9.23. The van der Waals surface area contributed by atoms with Crippen LogP contribution < -0.4 is 14.5 Å². The predicted molar refractivity (Wildman–Crippen MR) is 105 cm³/mol. The maximum Gasteiger partial charge on any atom is 0.228 e. The number of aromatic nitrogens is 2. The number of ether oxygens (including phenoxy) is 2. The van der Waals surface area contributed by atoms with E-state index in [9.17, 15) is 5.11 Å². The van der Waals surface area contributed by atoms with E-state index in [1.54, 1.807) is 7.11 Å². The Balaban J connectivity index is 1.78. The van der Waals surface area contributed by atoms with Crippen molar-refractivity contribution in [2.24, 2.45) is 0 Å². The average Bonchev–Trinajstić information content (AvgIpc) is 3.15. The number of nitrogens with zero attached hydrogens (tertiary/aromatic N) is 4. The highest BCUT2D eigenvalue weighted by atomic mass is 16.5. The van der Waals surface area contributed by atoms with Gasteiger partial charge in [0.05, 0.1) is 26.0 Å². The molecule has 144 valence electrons. The van der Waals surface area contributed by atoms with Gasteiger partial charge >= 0.3 is 0 Å². The lowest BCUT2D eigenvalue weighted by Crippen LogP contribution is -2.37. The summed E-state index contributed by atoms with van der Waals surface area (Å²) in [7, 11) is 1.68. The van der Waals surface area contributed by atoms with E-state index in [0.717, 1.165) is 67.8 Å². The van der Waals surface area contributed by atoms with E-state index in [2.05, 4.69) is 15.9 Å². The number of aliphatic hydroxyl groups excluding tert-OH is 1. The van der Waals surface area contributed by atoms with Crippen LogP contribution in [0.5, 0.6) is 5.75 Å². The Bertz CT molecular complexity index is 793. The summed E-state index contributed by atoms with van der Waals surface area (Å²) in [6.45, 7) is 4.90. The van der Waals surface area contributed by atoms with Crippen molar-refractivity contribution in [2.45, 2.75) is 12.8 Å². The van der Waals surface area contributed by atoms with Gasteiger partial charge in [0.2, 0.25) is 5.95 Å². The van der Waals surface area contributed by atoms with Crippen molar-refractivity contribution in [3.63, 3.8) is 0 Å².